The Morgan fingerprint density at radius 1 is 1.07 bits per heavy atom. The first-order chi connectivity index (χ1) is 13.6. The first-order valence-electron chi connectivity index (χ1n) is 8.99. The maximum absolute atomic E-state index is 12.5. The van der Waals surface area contributed by atoms with E-state index in [1.807, 2.05) is 35.9 Å². The van der Waals surface area contributed by atoms with Crippen LogP contribution in [0.5, 0.6) is 0 Å². The molecule has 0 unspecified atom stereocenters. The number of anilines is 2. The van der Waals surface area contributed by atoms with Crippen molar-refractivity contribution in [2.45, 2.75) is 6.92 Å². The molecule has 0 aliphatic carbocycles. The number of carbonyl (C=O) groups excluding carboxylic acids is 1. The number of nitrogens with one attached hydrogen (secondary N) is 1. The molecule has 1 aliphatic rings. The molecule has 9 heteroatoms. The van der Waals surface area contributed by atoms with Crippen LogP contribution in [0.1, 0.15) is 5.82 Å². The van der Waals surface area contributed by atoms with Crippen LogP contribution in [-0.4, -0.2) is 56.6 Å². The van der Waals surface area contributed by atoms with Gasteiger partial charge in [-0.15, -0.1) is 0 Å². The van der Waals surface area contributed by atoms with E-state index in [4.69, 9.17) is 11.6 Å². The summed E-state index contributed by atoms with van der Waals surface area (Å²) in [5.74, 6) is 2.49. The third-order valence-corrected chi connectivity index (χ3v) is 4.91. The molecule has 0 saturated carbocycles. The predicted molar refractivity (Wildman–Crippen MR) is 108 cm³/mol. The van der Waals surface area contributed by atoms with E-state index < -0.39 is 0 Å². The molecule has 2 aromatic heterocycles. The van der Waals surface area contributed by atoms with Gasteiger partial charge in [0.05, 0.1) is 0 Å². The minimum absolute atomic E-state index is 0.126. The van der Waals surface area contributed by atoms with Gasteiger partial charge in [-0.3, -0.25) is 4.57 Å². The number of urea groups is 1. The maximum atomic E-state index is 12.5. The molecule has 0 radical (unpaired) electrons. The summed E-state index contributed by atoms with van der Waals surface area (Å²) in [5, 5.41) is 3.48. The van der Waals surface area contributed by atoms with Crippen molar-refractivity contribution in [1.29, 1.82) is 0 Å². The number of benzene rings is 1. The van der Waals surface area contributed by atoms with Gasteiger partial charge in [-0.1, -0.05) is 17.7 Å². The van der Waals surface area contributed by atoms with Crippen molar-refractivity contribution in [2.24, 2.45) is 0 Å². The molecule has 1 fully saturated rings. The molecule has 2 amide bonds. The van der Waals surface area contributed by atoms with E-state index in [9.17, 15) is 4.79 Å². The fourth-order valence-electron chi connectivity index (χ4n) is 3.17. The van der Waals surface area contributed by atoms with E-state index in [0.29, 0.717) is 36.9 Å². The van der Waals surface area contributed by atoms with E-state index in [-0.39, 0.29) is 6.03 Å². The molecule has 4 rings (SSSR count). The monoisotopic (exact) mass is 397 g/mol. The Morgan fingerprint density at radius 3 is 2.57 bits per heavy atom. The third-order valence-electron chi connectivity index (χ3n) is 4.68. The molecular weight excluding hydrogens is 378 g/mol. The van der Waals surface area contributed by atoms with Crippen LogP contribution in [-0.2, 0) is 0 Å². The van der Waals surface area contributed by atoms with Crippen molar-refractivity contribution in [3.05, 3.63) is 59.9 Å². The fraction of sp³-hybridized carbons (Fsp3) is 0.263. The molecule has 1 N–H and O–H groups in total. The van der Waals surface area contributed by atoms with Crippen LogP contribution in [0.3, 0.4) is 0 Å². The topological polar surface area (TPSA) is 79.2 Å². The van der Waals surface area contributed by atoms with E-state index in [2.05, 4.69) is 25.2 Å². The van der Waals surface area contributed by atoms with Crippen LogP contribution < -0.4 is 10.2 Å². The molecule has 0 atom stereocenters. The van der Waals surface area contributed by atoms with Gasteiger partial charge in [0, 0.05) is 55.3 Å². The first-order valence-corrected chi connectivity index (χ1v) is 9.37. The number of piperazine rings is 1. The van der Waals surface area contributed by atoms with Crippen molar-refractivity contribution < 1.29 is 4.79 Å². The first kappa shape index (κ1) is 18.2. The van der Waals surface area contributed by atoms with Crippen molar-refractivity contribution in [3.8, 4) is 5.82 Å². The summed E-state index contributed by atoms with van der Waals surface area (Å²) < 4.78 is 1.92. The summed E-state index contributed by atoms with van der Waals surface area (Å²) in [5.41, 5.74) is 0.691. The SMILES string of the molecule is Cc1nccn1-c1cc(N2CCN(C(=O)Nc3cccc(Cl)c3)CC2)ncn1. The Hall–Kier alpha value is -3.13. The van der Waals surface area contributed by atoms with Gasteiger partial charge in [0.2, 0.25) is 0 Å². The molecule has 1 aliphatic heterocycles. The number of rotatable bonds is 3. The highest BCUT2D eigenvalue weighted by atomic mass is 35.5. The normalized spacial score (nSPS) is 14.2. The van der Waals surface area contributed by atoms with Crippen LogP contribution >= 0.6 is 11.6 Å². The van der Waals surface area contributed by atoms with E-state index in [1.165, 1.54) is 0 Å². The summed E-state index contributed by atoms with van der Waals surface area (Å²) >= 11 is 5.97. The quantitative estimate of drug-likeness (QED) is 0.735. The van der Waals surface area contributed by atoms with Gasteiger partial charge < -0.3 is 15.1 Å². The van der Waals surface area contributed by atoms with Crippen LogP contribution in [0.4, 0.5) is 16.3 Å². The lowest BCUT2D eigenvalue weighted by Gasteiger charge is -2.35. The molecule has 8 nitrogen and oxygen atoms in total. The minimum atomic E-state index is -0.126. The number of halogens is 1. The van der Waals surface area contributed by atoms with E-state index >= 15 is 0 Å². The zero-order chi connectivity index (χ0) is 19.5. The predicted octanol–water partition coefficient (Wildman–Crippen LogP) is 2.98. The lowest BCUT2D eigenvalue weighted by atomic mass is 10.3. The molecular formula is C19H20ClN7O. The van der Waals surface area contributed by atoms with Crippen molar-refractivity contribution in [1.82, 2.24) is 24.4 Å². The van der Waals surface area contributed by atoms with Crippen LogP contribution in [0, 0.1) is 6.92 Å². The van der Waals surface area contributed by atoms with Gasteiger partial charge in [0.25, 0.3) is 0 Å². The van der Waals surface area contributed by atoms with Gasteiger partial charge >= 0.3 is 6.03 Å². The highest BCUT2D eigenvalue weighted by Gasteiger charge is 2.22. The highest BCUT2D eigenvalue weighted by molar-refractivity contribution is 6.30. The number of hydrogen-bond donors (Lipinski definition) is 1. The molecule has 28 heavy (non-hydrogen) atoms. The lowest BCUT2D eigenvalue weighted by molar-refractivity contribution is 0.208. The highest BCUT2D eigenvalue weighted by Crippen LogP contribution is 2.18. The van der Waals surface area contributed by atoms with Crippen LogP contribution in [0.15, 0.2) is 49.1 Å². The number of imidazole rings is 1. The largest absolute Gasteiger partial charge is 0.353 e. The minimum Gasteiger partial charge on any atom is -0.353 e. The van der Waals surface area contributed by atoms with Crippen LogP contribution in [0.2, 0.25) is 5.02 Å². The Balaban J connectivity index is 1.39. The summed E-state index contributed by atoms with van der Waals surface area (Å²) in [4.78, 5) is 29.4. The number of amides is 2. The number of carbonyl (C=O) groups is 1. The third kappa shape index (κ3) is 3.91. The zero-order valence-electron chi connectivity index (χ0n) is 15.4. The van der Waals surface area contributed by atoms with Gasteiger partial charge in [-0.05, 0) is 25.1 Å². The summed E-state index contributed by atoms with van der Waals surface area (Å²) in [6, 6.07) is 8.95. The number of aryl methyl sites for hydroxylation is 1. The van der Waals surface area contributed by atoms with E-state index in [1.54, 1.807) is 29.6 Å². The summed E-state index contributed by atoms with van der Waals surface area (Å²) in [7, 11) is 0. The molecule has 0 spiro atoms. The van der Waals surface area contributed by atoms with Crippen LogP contribution in [0.25, 0.3) is 5.82 Å². The van der Waals surface area contributed by atoms with Gasteiger partial charge in [-0.2, -0.15) is 0 Å². The Labute approximate surface area is 167 Å². The average molecular weight is 398 g/mol. The molecule has 1 saturated heterocycles. The average Bonchev–Trinajstić information content (AvgIpc) is 3.14. The lowest BCUT2D eigenvalue weighted by Crippen LogP contribution is -2.50. The number of hydrogen-bond acceptors (Lipinski definition) is 5. The second-order valence-corrected chi connectivity index (χ2v) is 6.93. The smallest absolute Gasteiger partial charge is 0.321 e. The van der Waals surface area contributed by atoms with E-state index in [0.717, 1.165) is 17.5 Å². The molecule has 0 bridgehead atoms. The standard InChI is InChI=1S/C19H20ClN7O/c1-14-21-5-6-27(14)18-12-17(22-13-23-18)25-7-9-26(10-8-25)19(28)24-16-4-2-3-15(20)11-16/h2-6,11-13H,7-10H2,1H3,(H,24,28). The summed E-state index contributed by atoms with van der Waals surface area (Å²) in [6.07, 6.45) is 5.18. The molecule has 1 aromatic carbocycles. The Bertz CT molecular complexity index is 982. The Morgan fingerprint density at radius 2 is 1.86 bits per heavy atom. The van der Waals surface area contributed by atoms with Crippen molar-refractivity contribution >= 4 is 29.1 Å². The zero-order valence-corrected chi connectivity index (χ0v) is 16.2. The maximum Gasteiger partial charge on any atom is 0.321 e. The second-order valence-electron chi connectivity index (χ2n) is 6.49. The van der Waals surface area contributed by atoms with Gasteiger partial charge in [0.1, 0.15) is 23.8 Å². The van der Waals surface area contributed by atoms with Gasteiger partial charge in [0.15, 0.2) is 0 Å². The number of nitrogens with zero attached hydrogens (tertiary/aromatic N) is 6. The second kappa shape index (κ2) is 7.85. The molecule has 144 valence electrons. The van der Waals surface area contributed by atoms with Crippen molar-refractivity contribution in [3.63, 3.8) is 0 Å². The van der Waals surface area contributed by atoms with Gasteiger partial charge in [-0.25, -0.2) is 19.7 Å². The Kier molecular flexibility index (Phi) is 5.12. The fourth-order valence-corrected chi connectivity index (χ4v) is 3.36. The molecule has 3 heterocycles. The number of aromatic nitrogens is 4. The van der Waals surface area contributed by atoms with Crippen molar-refractivity contribution in [2.75, 3.05) is 36.4 Å². The molecule has 3 aromatic rings. The summed E-state index contributed by atoms with van der Waals surface area (Å²) in [6.45, 7) is 4.54.